The summed E-state index contributed by atoms with van der Waals surface area (Å²) in [6.45, 7) is 1.77. The highest BCUT2D eigenvalue weighted by molar-refractivity contribution is 6.01. The van der Waals surface area contributed by atoms with Gasteiger partial charge in [0.1, 0.15) is 11.8 Å². The van der Waals surface area contributed by atoms with E-state index in [1.165, 1.54) is 0 Å². The monoisotopic (exact) mass is 209 g/mol. The molecule has 2 heterocycles. The molecule has 0 radical (unpaired) electrons. The lowest BCUT2D eigenvalue weighted by atomic mass is 10.1. The van der Waals surface area contributed by atoms with Crippen LogP contribution >= 0.6 is 0 Å². The van der Waals surface area contributed by atoms with Crippen LogP contribution in [0.2, 0.25) is 0 Å². The lowest BCUT2D eigenvalue weighted by molar-refractivity contribution is -0.133. The highest BCUT2D eigenvalue weighted by Crippen LogP contribution is 2.13. The van der Waals surface area contributed by atoms with E-state index in [4.69, 9.17) is 4.42 Å². The van der Waals surface area contributed by atoms with Crippen LogP contribution in [-0.2, 0) is 9.59 Å². The molecule has 80 valence electrons. The lowest BCUT2D eigenvalue weighted by Crippen LogP contribution is -2.47. The third-order valence-electron chi connectivity index (χ3n) is 2.16. The van der Waals surface area contributed by atoms with Crippen molar-refractivity contribution in [2.24, 2.45) is 0 Å². The number of nitrogens with one attached hydrogen (secondary N) is 2. The molecule has 1 saturated heterocycles. The quantitative estimate of drug-likeness (QED) is 0.680. The molecule has 1 aromatic rings. The first-order valence-electron chi connectivity index (χ1n) is 4.68. The summed E-state index contributed by atoms with van der Waals surface area (Å²) in [5, 5.41) is 5.08. The van der Waals surface area contributed by atoms with Crippen LogP contribution in [0, 0.1) is 6.92 Å². The number of hydrogen-bond donors (Lipinski definition) is 2. The minimum absolute atomic E-state index is 0.235. The van der Waals surface area contributed by atoms with E-state index in [2.05, 4.69) is 15.6 Å². The number of hydrogen-bond acceptors (Lipinski definition) is 5. The van der Waals surface area contributed by atoms with Crippen LogP contribution < -0.4 is 10.6 Å². The first kappa shape index (κ1) is 9.70. The third-order valence-corrected chi connectivity index (χ3v) is 2.16. The maximum Gasteiger partial charge on any atom is 0.295 e. The molecular weight excluding hydrogens is 198 g/mol. The molecule has 2 rings (SSSR count). The average Bonchev–Trinajstić information content (AvgIpc) is 2.56. The van der Waals surface area contributed by atoms with Gasteiger partial charge in [-0.2, -0.15) is 0 Å². The van der Waals surface area contributed by atoms with Crippen LogP contribution in [0.15, 0.2) is 10.6 Å². The van der Waals surface area contributed by atoms with Gasteiger partial charge in [0.05, 0.1) is 6.20 Å². The van der Waals surface area contributed by atoms with Crippen molar-refractivity contribution in [1.29, 1.82) is 0 Å². The van der Waals surface area contributed by atoms with Gasteiger partial charge in [-0.15, -0.1) is 0 Å². The van der Waals surface area contributed by atoms with Crippen LogP contribution in [0.5, 0.6) is 0 Å². The molecule has 15 heavy (non-hydrogen) atoms. The van der Waals surface area contributed by atoms with Crippen LogP contribution in [0.3, 0.4) is 0 Å². The van der Waals surface area contributed by atoms with Gasteiger partial charge in [-0.05, 0) is 13.3 Å². The predicted octanol–water partition coefficient (Wildman–Crippen LogP) is 0.200. The van der Waals surface area contributed by atoms with Crippen molar-refractivity contribution in [1.82, 2.24) is 10.3 Å². The molecule has 6 heteroatoms. The van der Waals surface area contributed by atoms with Gasteiger partial charge in [0, 0.05) is 6.42 Å². The molecule has 2 amide bonds. The van der Waals surface area contributed by atoms with Gasteiger partial charge in [-0.25, -0.2) is 4.98 Å². The fourth-order valence-corrected chi connectivity index (χ4v) is 1.40. The number of carbonyl (C=O) groups is 2. The zero-order valence-corrected chi connectivity index (χ0v) is 8.24. The molecule has 1 aliphatic rings. The number of nitrogens with zero attached hydrogens (tertiary/aromatic N) is 1. The van der Waals surface area contributed by atoms with Gasteiger partial charge in [-0.3, -0.25) is 14.9 Å². The molecule has 1 unspecified atom stereocenters. The number of rotatable bonds is 2. The molecule has 2 N–H and O–H groups in total. The Morgan fingerprint density at radius 1 is 1.60 bits per heavy atom. The van der Waals surface area contributed by atoms with Crippen molar-refractivity contribution in [3.05, 3.63) is 12.0 Å². The number of aromatic nitrogens is 1. The molecule has 0 saturated carbocycles. The zero-order valence-electron chi connectivity index (χ0n) is 8.24. The summed E-state index contributed by atoms with van der Waals surface area (Å²) in [5.74, 6) is 0.105. The summed E-state index contributed by atoms with van der Waals surface area (Å²) in [4.78, 5) is 26.1. The van der Waals surface area contributed by atoms with Gasteiger partial charge < -0.3 is 9.73 Å². The number of anilines is 1. The van der Waals surface area contributed by atoms with Gasteiger partial charge in [0.25, 0.3) is 6.01 Å². The first-order chi connectivity index (χ1) is 7.15. The lowest BCUT2D eigenvalue weighted by Gasteiger charge is -2.20. The highest BCUT2D eigenvalue weighted by Gasteiger charge is 2.27. The molecule has 1 aliphatic heterocycles. The van der Waals surface area contributed by atoms with Crippen molar-refractivity contribution in [2.45, 2.75) is 25.8 Å². The molecule has 0 bridgehead atoms. The second kappa shape index (κ2) is 3.72. The minimum atomic E-state index is -0.444. The van der Waals surface area contributed by atoms with E-state index < -0.39 is 6.04 Å². The number of aryl methyl sites for hydroxylation is 1. The Bertz CT molecular complexity index is 399. The van der Waals surface area contributed by atoms with Gasteiger partial charge >= 0.3 is 0 Å². The summed E-state index contributed by atoms with van der Waals surface area (Å²) < 4.78 is 5.17. The topological polar surface area (TPSA) is 84.2 Å². The number of oxazole rings is 1. The molecular formula is C9H11N3O3. The number of imide groups is 1. The van der Waals surface area contributed by atoms with E-state index in [1.807, 2.05) is 0 Å². The molecule has 6 nitrogen and oxygen atoms in total. The molecule has 0 spiro atoms. The number of amides is 2. The minimum Gasteiger partial charge on any atom is -0.429 e. The SMILES string of the molecule is Cc1cnc(NC2CCC(=O)NC2=O)o1. The molecule has 1 fully saturated rings. The van der Waals surface area contributed by atoms with E-state index in [1.54, 1.807) is 13.1 Å². The Balaban J connectivity index is 2.00. The summed E-state index contributed by atoms with van der Waals surface area (Å²) in [6, 6.07) is -0.136. The first-order valence-corrected chi connectivity index (χ1v) is 4.68. The third kappa shape index (κ3) is 2.15. The molecule has 0 aromatic carbocycles. The largest absolute Gasteiger partial charge is 0.429 e. The Kier molecular flexibility index (Phi) is 2.40. The maximum atomic E-state index is 11.4. The summed E-state index contributed by atoms with van der Waals surface area (Å²) in [6.07, 6.45) is 2.36. The van der Waals surface area contributed by atoms with E-state index in [0.29, 0.717) is 24.6 Å². The second-order valence-electron chi connectivity index (χ2n) is 3.42. The molecule has 0 aliphatic carbocycles. The fraction of sp³-hybridized carbons (Fsp3) is 0.444. The van der Waals surface area contributed by atoms with Crippen LogP contribution in [0.4, 0.5) is 6.01 Å². The fourth-order valence-electron chi connectivity index (χ4n) is 1.40. The predicted molar refractivity (Wildman–Crippen MR) is 51.0 cm³/mol. The Hall–Kier alpha value is -1.85. The van der Waals surface area contributed by atoms with Crippen LogP contribution in [0.25, 0.3) is 0 Å². The molecule has 1 atom stereocenters. The van der Waals surface area contributed by atoms with Crippen LogP contribution in [0.1, 0.15) is 18.6 Å². The van der Waals surface area contributed by atoms with E-state index in [9.17, 15) is 9.59 Å². The van der Waals surface area contributed by atoms with Gasteiger partial charge in [-0.1, -0.05) is 0 Å². The van der Waals surface area contributed by atoms with Gasteiger partial charge in [0.15, 0.2) is 0 Å². The van der Waals surface area contributed by atoms with Crippen LogP contribution in [-0.4, -0.2) is 22.8 Å². The number of piperidine rings is 1. The summed E-state index contributed by atoms with van der Waals surface area (Å²) in [5.41, 5.74) is 0. The molecule has 1 aromatic heterocycles. The Labute approximate surface area is 86.1 Å². The standard InChI is InChI=1S/C9H11N3O3/c1-5-4-10-9(15-5)11-6-2-3-7(13)12-8(6)14/h4,6H,2-3H2,1H3,(H,10,11)(H,12,13,14). The normalized spacial score (nSPS) is 21.3. The van der Waals surface area contributed by atoms with Crippen molar-refractivity contribution >= 4 is 17.8 Å². The maximum absolute atomic E-state index is 11.4. The van der Waals surface area contributed by atoms with Crippen molar-refractivity contribution < 1.29 is 14.0 Å². The number of carbonyl (C=O) groups excluding carboxylic acids is 2. The average molecular weight is 209 g/mol. The summed E-state index contributed by atoms with van der Waals surface area (Å²) in [7, 11) is 0. The van der Waals surface area contributed by atoms with Gasteiger partial charge in [0.2, 0.25) is 11.8 Å². The van der Waals surface area contributed by atoms with Crippen molar-refractivity contribution in [2.75, 3.05) is 5.32 Å². The second-order valence-corrected chi connectivity index (χ2v) is 3.42. The van der Waals surface area contributed by atoms with E-state index >= 15 is 0 Å². The Morgan fingerprint density at radius 2 is 2.40 bits per heavy atom. The van der Waals surface area contributed by atoms with E-state index in [-0.39, 0.29) is 11.8 Å². The summed E-state index contributed by atoms with van der Waals surface area (Å²) >= 11 is 0. The smallest absolute Gasteiger partial charge is 0.295 e. The van der Waals surface area contributed by atoms with Crippen molar-refractivity contribution in [3.8, 4) is 0 Å². The van der Waals surface area contributed by atoms with E-state index in [0.717, 1.165) is 0 Å². The Morgan fingerprint density at radius 3 is 3.00 bits per heavy atom. The highest BCUT2D eigenvalue weighted by atomic mass is 16.4. The zero-order chi connectivity index (χ0) is 10.8. The van der Waals surface area contributed by atoms with Crippen molar-refractivity contribution in [3.63, 3.8) is 0 Å².